The van der Waals surface area contributed by atoms with Crippen LogP contribution in [0.15, 0.2) is 10.3 Å². The van der Waals surface area contributed by atoms with E-state index >= 15 is 0 Å². The molecule has 2 aliphatic heterocycles. The molecular weight excluding hydrogens is 480 g/mol. The van der Waals surface area contributed by atoms with E-state index in [0.717, 1.165) is 24.3 Å². The molecule has 0 saturated heterocycles. The fourth-order valence-corrected chi connectivity index (χ4v) is 6.03. The number of alkyl carbamates (subject to hydrolysis) is 1. The molecule has 2 amide bonds. The fraction of sp³-hybridized carbons (Fsp3) is 0.808. The van der Waals surface area contributed by atoms with Gasteiger partial charge in [0.05, 0.1) is 18.0 Å². The third-order valence-corrected chi connectivity index (χ3v) is 7.66. The Kier molecular flexibility index (Phi) is 7.45. The summed E-state index contributed by atoms with van der Waals surface area (Å²) in [6.45, 7) is 11.2. The normalized spacial score (nSPS) is 33.9. The Morgan fingerprint density at radius 3 is 2.11 bits per heavy atom. The van der Waals surface area contributed by atoms with E-state index < -0.39 is 34.6 Å². The van der Waals surface area contributed by atoms with Gasteiger partial charge in [-0.05, 0) is 53.4 Å². The second-order valence-corrected chi connectivity index (χ2v) is 11.6. The highest BCUT2D eigenvalue weighted by Crippen LogP contribution is 2.45. The number of nitrogens with zero attached hydrogens (tertiary/aromatic N) is 2. The summed E-state index contributed by atoms with van der Waals surface area (Å²) in [4.78, 5) is 51.7. The number of hydrogen-bond acceptors (Lipinski definition) is 9. The molecule has 0 aromatic heterocycles. The largest absolute Gasteiger partial charge is 0.464 e. The molecule has 2 heterocycles. The number of rotatable bonds is 8. The quantitative estimate of drug-likeness (QED) is 0.469. The maximum Gasteiger partial charge on any atom is 0.408 e. The third-order valence-electron chi connectivity index (χ3n) is 7.66. The standard InChI is InChI=1S/C26H40N4O7/c1-7-10-18-16-12-26(22(32)34-9-3,14-20(16)37-30-18)27-21(31)25(28-23(33)35-24(4,5)6)11-15-17(8-2)29-36-19(15)13-25/h15-16,19-20H,7-14H2,1-6H3,(H,27,31)(H,28,33)/t15-,16-,19-,20-,25-,26-/m0/s1. The zero-order valence-corrected chi connectivity index (χ0v) is 22.7. The molecule has 2 aliphatic carbocycles. The summed E-state index contributed by atoms with van der Waals surface area (Å²) in [5.41, 5.74) is -1.62. The van der Waals surface area contributed by atoms with Crippen LogP contribution in [0.25, 0.3) is 0 Å². The number of ether oxygens (including phenoxy) is 2. The van der Waals surface area contributed by atoms with Gasteiger partial charge < -0.3 is 29.8 Å². The van der Waals surface area contributed by atoms with Crippen molar-refractivity contribution in [1.29, 1.82) is 0 Å². The molecule has 2 saturated carbocycles. The van der Waals surface area contributed by atoms with Crippen LogP contribution in [0, 0.1) is 11.8 Å². The fourth-order valence-electron chi connectivity index (χ4n) is 6.03. The van der Waals surface area contributed by atoms with Crippen molar-refractivity contribution < 1.29 is 33.5 Å². The molecule has 4 aliphatic rings. The summed E-state index contributed by atoms with van der Waals surface area (Å²) in [7, 11) is 0. The summed E-state index contributed by atoms with van der Waals surface area (Å²) >= 11 is 0. The molecule has 2 N–H and O–H groups in total. The lowest BCUT2D eigenvalue weighted by atomic mass is 9.88. The Bertz CT molecular complexity index is 990. The van der Waals surface area contributed by atoms with Gasteiger partial charge in [-0.15, -0.1) is 0 Å². The second kappa shape index (κ2) is 10.1. The first-order valence-corrected chi connectivity index (χ1v) is 13.4. The molecule has 37 heavy (non-hydrogen) atoms. The minimum atomic E-state index is -1.34. The topological polar surface area (TPSA) is 137 Å². The highest BCUT2D eigenvalue weighted by Gasteiger charge is 2.61. The molecule has 0 unspecified atom stereocenters. The first-order chi connectivity index (χ1) is 17.5. The Morgan fingerprint density at radius 2 is 1.51 bits per heavy atom. The number of oxime groups is 2. The lowest BCUT2D eigenvalue weighted by Gasteiger charge is -2.36. The van der Waals surface area contributed by atoms with Gasteiger partial charge in [-0.2, -0.15) is 0 Å². The molecular formula is C26H40N4O7. The molecule has 11 nitrogen and oxygen atoms in total. The van der Waals surface area contributed by atoms with Crippen LogP contribution in [-0.2, 0) is 28.7 Å². The molecule has 0 bridgehead atoms. The first kappa shape index (κ1) is 27.2. The van der Waals surface area contributed by atoms with E-state index in [9.17, 15) is 14.4 Å². The molecule has 0 aromatic carbocycles. The minimum absolute atomic E-state index is 0.0791. The Hall–Kier alpha value is -2.85. The van der Waals surface area contributed by atoms with Gasteiger partial charge in [0.15, 0.2) is 0 Å². The molecule has 0 radical (unpaired) electrons. The van der Waals surface area contributed by atoms with Crippen LogP contribution in [0.5, 0.6) is 0 Å². The lowest BCUT2D eigenvalue weighted by Crippen LogP contribution is -2.65. The molecule has 0 aromatic rings. The summed E-state index contributed by atoms with van der Waals surface area (Å²) in [6.07, 6.45) is 2.05. The van der Waals surface area contributed by atoms with Crippen LogP contribution in [-0.4, -0.2) is 64.9 Å². The Balaban J connectivity index is 1.62. The minimum Gasteiger partial charge on any atom is -0.464 e. The van der Waals surface area contributed by atoms with Gasteiger partial charge in [-0.3, -0.25) is 4.79 Å². The van der Waals surface area contributed by atoms with E-state index in [1.54, 1.807) is 27.7 Å². The Morgan fingerprint density at radius 1 is 0.919 bits per heavy atom. The molecule has 0 spiro atoms. The Labute approximate surface area is 218 Å². The van der Waals surface area contributed by atoms with Crippen molar-refractivity contribution in [2.45, 2.75) is 115 Å². The van der Waals surface area contributed by atoms with Crippen molar-refractivity contribution >= 4 is 29.4 Å². The van der Waals surface area contributed by atoms with Crippen LogP contribution >= 0.6 is 0 Å². The van der Waals surface area contributed by atoms with Crippen LogP contribution in [0.4, 0.5) is 4.79 Å². The van der Waals surface area contributed by atoms with Crippen LogP contribution < -0.4 is 10.6 Å². The zero-order valence-electron chi connectivity index (χ0n) is 22.7. The predicted molar refractivity (Wildman–Crippen MR) is 135 cm³/mol. The SMILES string of the molecule is CCCC1=NO[C@H]2C[C@](NC(=O)[C@@]3(NC(=O)OC(C)(C)C)C[C@@H]4ON=C(CC)[C@@H]4C3)(C(=O)OCC)C[C@@H]12. The van der Waals surface area contributed by atoms with Crippen molar-refractivity contribution in [1.82, 2.24) is 10.6 Å². The van der Waals surface area contributed by atoms with Crippen LogP contribution in [0.2, 0.25) is 0 Å². The summed E-state index contributed by atoms with van der Waals surface area (Å²) < 4.78 is 10.9. The van der Waals surface area contributed by atoms with E-state index in [1.165, 1.54) is 0 Å². The highest BCUT2D eigenvalue weighted by atomic mass is 16.6. The van der Waals surface area contributed by atoms with Crippen molar-refractivity contribution in [3.05, 3.63) is 0 Å². The van der Waals surface area contributed by atoms with E-state index in [0.29, 0.717) is 19.3 Å². The smallest absolute Gasteiger partial charge is 0.408 e. The van der Waals surface area contributed by atoms with E-state index in [4.69, 9.17) is 19.1 Å². The van der Waals surface area contributed by atoms with Gasteiger partial charge in [0.25, 0.3) is 0 Å². The maximum atomic E-state index is 14.1. The third kappa shape index (κ3) is 5.27. The number of carbonyl (C=O) groups excluding carboxylic acids is 3. The number of nitrogens with one attached hydrogen (secondary N) is 2. The average Bonchev–Trinajstić information content (AvgIpc) is 3.53. The molecule has 2 fully saturated rings. The molecule has 6 atom stereocenters. The predicted octanol–water partition coefficient (Wildman–Crippen LogP) is 3.21. The number of amides is 2. The van der Waals surface area contributed by atoms with Crippen molar-refractivity contribution in [3.8, 4) is 0 Å². The van der Waals surface area contributed by atoms with Crippen LogP contribution in [0.3, 0.4) is 0 Å². The maximum absolute atomic E-state index is 14.1. The van der Waals surface area contributed by atoms with Gasteiger partial charge in [-0.1, -0.05) is 30.6 Å². The van der Waals surface area contributed by atoms with Gasteiger partial charge in [0.2, 0.25) is 5.91 Å². The summed E-state index contributed by atoms with van der Waals surface area (Å²) in [5.74, 6) is -1.16. The second-order valence-electron chi connectivity index (χ2n) is 11.6. The number of hydrogen-bond donors (Lipinski definition) is 2. The van der Waals surface area contributed by atoms with Gasteiger partial charge in [0, 0.05) is 24.7 Å². The zero-order chi connectivity index (χ0) is 27.0. The number of carbonyl (C=O) groups is 3. The van der Waals surface area contributed by atoms with E-state index in [1.807, 2.05) is 6.92 Å². The van der Waals surface area contributed by atoms with Crippen molar-refractivity contribution in [2.24, 2.45) is 22.1 Å². The van der Waals surface area contributed by atoms with E-state index in [-0.39, 0.29) is 43.5 Å². The average molecular weight is 521 g/mol. The van der Waals surface area contributed by atoms with Crippen molar-refractivity contribution in [2.75, 3.05) is 6.61 Å². The summed E-state index contributed by atoms with van der Waals surface area (Å²) in [5, 5.41) is 14.3. The van der Waals surface area contributed by atoms with E-state index in [2.05, 4.69) is 27.9 Å². The van der Waals surface area contributed by atoms with Gasteiger partial charge >= 0.3 is 12.1 Å². The van der Waals surface area contributed by atoms with Gasteiger partial charge in [-0.25, -0.2) is 9.59 Å². The summed E-state index contributed by atoms with van der Waals surface area (Å²) in [6, 6.07) is 0. The highest BCUT2D eigenvalue weighted by molar-refractivity contribution is 5.98. The monoisotopic (exact) mass is 520 g/mol. The van der Waals surface area contributed by atoms with Crippen LogP contribution in [0.1, 0.15) is 86.5 Å². The lowest BCUT2D eigenvalue weighted by molar-refractivity contribution is -0.154. The number of esters is 1. The molecule has 206 valence electrons. The molecule has 11 heteroatoms. The molecule has 4 rings (SSSR count). The first-order valence-electron chi connectivity index (χ1n) is 13.4. The van der Waals surface area contributed by atoms with Gasteiger partial charge in [0.1, 0.15) is 28.9 Å². The van der Waals surface area contributed by atoms with Crippen molar-refractivity contribution in [3.63, 3.8) is 0 Å². The number of fused-ring (bicyclic) bond motifs is 2.